The molecule has 3 N–H and O–H groups in total. The van der Waals surface area contributed by atoms with E-state index in [1.54, 1.807) is 7.05 Å². The maximum absolute atomic E-state index is 10.7. The summed E-state index contributed by atoms with van der Waals surface area (Å²) in [5.41, 5.74) is 1.99. The third-order valence-corrected chi connectivity index (χ3v) is 0.984. The Morgan fingerprint density at radius 3 is 2.67 bits per heavy atom. The second kappa shape index (κ2) is 6.56. The fourth-order valence-electron chi connectivity index (χ4n) is 0.468. The van der Waals surface area contributed by atoms with E-state index >= 15 is 0 Å². The smallest absolute Gasteiger partial charge is 0.332 e. The SMILES string of the molecule is CNCCC(=O)NOCC(=O)O. The summed E-state index contributed by atoms with van der Waals surface area (Å²) < 4.78 is 0. The maximum Gasteiger partial charge on any atom is 0.332 e. The van der Waals surface area contributed by atoms with Gasteiger partial charge in [-0.1, -0.05) is 0 Å². The molecule has 6 heteroatoms. The lowest BCUT2D eigenvalue weighted by molar-refractivity contribution is -0.149. The standard InChI is InChI=1S/C6H12N2O4/c1-7-3-2-5(9)8-12-4-6(10)11/h7H,2-4H2,1H3,(H,8,9)(H,10,11). The van der Waals surface area contributed by atoms with Crippen molar-refractivity contribution in [3.05, 3.63) is 0 Å². The Hall–Kier alpha value is -1.14. The molecule has 70 valence electrons. The summed E-state index contributed by atoms with van der Waals surface area (Å²) in [5.74, 6) is -1.46. The van der Waals surface area contributed by atoms with E-state index in [1.807, 2.05) is 5.48 Å². The van der Waals surface area contributed by atoms with E-state index in [0.717, 1.165) is 0 Å². The Morgan fingerprint density at radius 1 is 1.50 bits per heavy atom. The van der Waals surface area contributed by atoms with Crippen molar-refractivity contribution < 1.29 is 19.5 Å². The molecule has 6 nitrogen and oxygen atoms in total. The molecule has 0 fully saturated rings. The van der Waals surface area contributed by atoms with Crippen LogP contribution in [0.1, 0.15) is 6.42 Å². The highest BCUT2D eigenvalue weighted by molar-refractivity contribution is 5.75. The minimum Gasteiger partial charge on any atom is -0.479 e. The van der Waals surface area contributed by atoms with E-state index in [-0.39, 0.29) is 12.3 Å². The van der Waals surface area contributed by atoms with Gasteiger partial charge in [0.25, 0.3) is 0 Å². The molecule has 0 spiro atoms. The summed E-state index contributed by atoms with van der Waals surface area (Å²) in [4.78, 5) is 24.9. The van der Waals surface area contributed by atoms with E-state index in [4.69, 9.17) is 5.11 Å². The fraction of sp³-hybridized carbons (Fsp3) is 0.667. The maximum atomic E-state index is 10.7. The minimum atomic E-state index is -1.12. The van der Waals surface area contributed by atoms with Crippen LogP contribution in [-0.2, 0) is 14.4 Å². The van der Waals surface area contributed by atoms with Crippen molar-refractivity contribution in [3.63, 3.8) is 0 Å². The average molecular weight is 176 g/mol. The lowest BCUT2D eigenvalue weighted by Gasteiger charge is -2.02. The number of hydrogen-bond donors (Lipinski definition) is 3. The molecule has 12 heavy (non-hydrogen) atoms. The van der Waals surface area contributed by atoms with Gasteiger partial charge in [-0.15, -0.1) is 0 Å². The van der Waals surface area contributed by atoms with E-state index < -0.39 is 12.6 Å². The van der Waals surface area contributed by atoms with E-state index in [0.29, 0.717) is 6.54 Å². The Kier molecular flexibility index (Phi) is 5.94. The fourth-order valence-corrected chi connectivity index (χ4v) is 0.468. The van der Waals surface area contributed by atoms with Gasteiger partial charge in [-0.05, 0) is 7.05 Å². The summed E-state index contributed by atoms with van der Waals surface area (Å²) in [6.45, 7) is 0.00750. The average Bonchev–Trinajstić information content (AvgIpc) is 2.00. The van der Waals surface area contributed by atoms with Gasteiger partial charge in [-0.2, -0.15) is 0 Å². The van der Waals surface area contributed by atoms with Crippen molar-refractivity contribution in [2.75, 3.05) is 20.2 Å². The van der Waals surface area contributed by atoms with Gasteiger partial charge in [-0.3, -0.25) is 9.63 Å². The molecule has 0 rings (SSSR count). The van der Waals surface area contributed by atoms with Crippen molar-refractivity contribution in [2.45, 2.75) is 6.42 Å². The summed E-state index contributed by atoms with van der Waals surface area (Å²) in [7, 11) is 1.71. The minimum absolute atomic E-state index is 0.260. The lowest BCUT2D eigenvalue weighted by atomic mass is 10.4. The van der Waals surface area contributed by atoms with Crippen LogP contribution in [0.15, 0.2) is 0 Å². The van der Waals surface area contributed by atoms with Crippen LogP contribution >= 0.6 is 0 Å². The van der Waals surface area contributed by atoms with E-state index in [1.165, 1.54) is 0 Å². The molecule has 1 amide bonds. The van der Waals surface area contributed by atoms with Crippen LogP contribution in [0, 0.1) is 0 Å². The molecule has 0 heterocycles. The largest absolute Gasteiger partial charge is 0.479 e. The molecule has 0 saturated heterocycles. The zero-order valence-electron chi connectivity index (χ0n) is 6.79. The number of amides is 1. The number of nitrogens with one attached hydrogen (secondary N) is 2. The number of hydrogen-bond acceptors (Lipinski definition) is 4. The quantitative estimate of drug-likeness (QED) is 0.439. The van der Waals surface area contributed by atoms with Crippen LogP contribution < -0.4 is 10.8 Å². The highest BCUT2D eigenvalue weighted by atomic mass is 16.7. The van der Waals surface area contributed by atoms with Crippen molar-refractivity contribution in [1.29, 1.82) is 0 Å². The van der Waals surface area contributed by atoms with Gasteiger partial charge in [0, 0.05) is 13.0 Å². The monoisotopic (exact) mass is 176 g/mol. The molecule has 0 aromatic rings. The summed E-state index contributed by atoms with van der Waals surface area (Å²) >= 11 is 0. The van der Waals surface area contributed by atoms with Gasteiger partial charge in [-0.25, -0.2) is 10.3 Å². The highest BCUT2D eigenvalue weighted by Gasteiger charge is 2.01. The molecular formula is C6H12N2O4. The molecule has 0 aliphatic heterocycles. The first kappa shape index (κ1) is 10.9. The molecule has 0 bridgehead atoms. The van der Waals surface area contributed by atoms with Crippen molar-refractivity contribution in [1.82, 2.24) is 10.8 Å². The predicted octanol–water partition coefficient (Wildman–Crippen LogP) is -1.27. The van der Waals surface area contributed by atoms with Crippen LogP contribution in [0.4, 0.5) is 0 Å². The Labute approximate surface area is 69.8 Å². The number of aliphatic carboxylic acids is 1. The second-order valence-corrected chi connectivity index (χ2v) is 2.06. The number of carboxylic acids is 1. The molecule has 0 aliphatic rings. The van der Waals surface area contributed by atoms with Crippen LogP contribution in [0.2, 0.25) is 0 Å². The third kappa shape index (κ3) is 6.97. The molecule has 0 aromatic carbocycles. The van der Waals surface area contributed by atoms with Crippen molar-refractivity contribution in [2.24, 2.45) is 0 Å². The number of carbonyl (C=O) groups is 2. The molecule has 0 unspecified atom stereocenters. The molecule has 0 radical (unpaired) electrons. The zero-order chi connectivity index (χ0) is 9.40. The van der Waals surface area contributed by atoms with Crippen LogP contribution in [0.25, 0.3) is 0 Å². The summed E-state index contributed by atoms with van der Waals surface area (Å²) in [6.07, 6.45) is 0.260. The summed E-state index contributed by atoms with van der Waals surface area (Å²) in [6, 6.07) is 0. The van der Waals surface area contributed by atoms with Gasteiger partial charge < -0.3 is 10.4 Å². The molecule has 0 saturated carbocycles. The van der Waals surface area contributed by atoms with Crippen LogP contribution in [-0.4, -0.2) is 37.2 Å². The number of rotatable bonds is 6. The zero-order valence-corrected chi connectivity index (χ0v) is 6.79. The van der Waals surface area contributed by atoms with Crippen molar-refractivity contribution >= 4 is 11.9 Å². The third-order valence-electron chi connectivity index (χ3n) is 0.984. The lowest BCUT2D eigenvalue weighted by Crippen LogP contribution is -2.28. The van der Waals surface area contributed by atoms with E-state index in [9.17, 15) is 9.59 Å². The van der Waals surface area contributed by atoms with Gasteiger partial charge in [0.05, 0.1) is 0 Å². The molecule has 0 aromatic heterocycles. The van der Waals surface area contributed by atoms with Gasteiger partial charge in [0.1, 0.15) is 0 Å². The van der Waals surface area contributed by atoms with Gasteiger partial charge >= 0.3 is 5.97 Å². The number of hydroxylamine groups is 1. The summed E-state index contributed by atoms with van der Waals surface area (Å²) in [5, 5.41) is 10.9. The predicted molar refractivity (Wildman–Crippen MR) is 40.3 cm³/mol. The Balaban J connectivity index is 3.25. The molecule has 0 atom stereocenters. The topological polar surface area (TPSA) is 87.7 Å². The first-order chi connectivity index (χ1) is 5.66. The first-order valence-corrected chi connectivity index (χ1v) is 3.44. The number of carboxylic acid groups (broad SMARTS) is 1. The Bertz CT molecular complexity index is 160. The number of carbonyl (C=O) groups excluding carboxylic acids is 1. The Morgan fingerprint density at radius 2 is 2.17 bits per heavy atom. The van der Waals surface area contributed by atoms with Gasteiger partial charge in [0.2, 0.25) is 5.91 Å². The van der Waals surface area contributed by atoms with Gasteiger partial charge in [0.15, 0.2) is 6.61 Å². The highest BCUT2D eigenvalue weighted by Crippen LogP contribution is 1.76. The molecular weight excluding hydrogens is 164 g/mol. The van der Waals surface area contributed by atoms with Crippen LogP contribution in [0.5, 0.6) is 0 Å². The van der Waals surface area contributed by atoms with Crippen molar-refractivity contribution in [3.8, 4) is 0 Å². The van der Waals surface area contributed by atoms with Crippen LogP contribution in [0.3, 0.4) is 0 Å². The molecule has 0 aliphatic carbocycles. The first-order valence-electron chi connectivity index (χ1n) is 3.44. The van der Waals surface area contributed by atoms with E-state index in [2.05, 4.69) is 10.2 Å². The second-order valence-electron chi connectivity index (χ2n) is 2.06. The normalized spacial score (nSPS) is 9.42.